The second kappa shape index (κ2) is 11.2. The number of amides is 1. The lowest BCUT2D eigenvalue weighted by Gasteiger charge is -2.27. The van der Waals surface area contributed by atoms with Gasteiger partial charge in [-0.1, -0.05) is 19.9 Å². The molecule has 8 heteroatoms. The first kappa shape index (κ1) is 25.2. The summed E-state index contributed by atoms with van der Waals surface area (Å²) in [5.41, 5.74) is 1.12. The van der Waals surface area contributed by atoms with Crippen molar-refractivity contribution in [1.29, 1.82) is 0 Å². The van der Waals surface area contributed by atoms with E-state index < -0.39 is 17.7 Å². The monoisotopic (exact) mass is 467 g/mol. The Kier molecular flexibility index (Phi) is 8.28. The highest BCUT2D eigenvalue weighted by atomic mass is 16.5. The van der Waals surface area contributed by atoms with Crippen LogP contribution in [0.15, 0.2) is 48.3 Å². The summed E-state index contributed by atoms with van der Waals surface area (Å²) in [6, 6.07) is 7.81. The molecule has 1 saturated heterocycles. The van der Waals surface area contributed by atoms with Crippen LogP contribution in [0.5, 0.6) is 11.5 Å². The predicted molar refractivity (Wildman–Crippen MR) is 130 cm³/mol. The quantitative estimate of drug-likeness (QED) is 0.325. The molecule has 1 amide bonds. The number of nitrogens with zero attached hydrogens (tertiary/aromatic N) is 3. The Labute approximate surface area is 200 Å². The Hall–Kier alpha value is -3.39. The molecular weight excluding hydrogens is 434 g/mol. The van der Waals surface area contributed by atoms with Gasteiger partial charge in [0, 0.05) is 31.0 Å². The third-order valence-electron chi connectivity index (χ3n) is 5.74. The molecule has 1 atom stereocenters. The topological polar surface area (TPSA) is 92.2 Å². The van der Waals surface area contributed by atoms with Crippen molar-refractivity contribution in [2.24, 2.45) is 5.92 Å². The first-order valence-corrected chi connectivity index (χ1v) is 11.4. The van der Waals surface area contributed by atoms with Gasteiger partial charge in [-0.15, -0.1) is 0 Å². The molecule has 1 aliphatic rings. The third-order valence-corrected chi connectivity index (χ3v) is 5.74. The molecule has 1 unspecified atom stereocenters. The van der Waals surface area contributed by atoms with Crippen LogP contribution in [0.2, 0.25) is 0 Å². The highest BCUT2D eigenvalue weighted by molar-refractivity contribution is 6.46. The van der Waals surface area contributed by atoms with Crippen molar-refractivity contribution < 1.29 is 24.2 Å². The average Bonchev–Trinajstić information content (AvgIpc) is 3.07. The minimum Gasteiger partial charge on any atom is -0.507 e. The molecule has 0 aliphatic carbocycles. The number of likely N-dealkylation sites (N-methyl/N-ethyl adjacent to an activating group) is 1. The van der Waals surface area contributed by atoms with Crippen molar-refractivity contribution in [3.8, 4) is 11.5 Å². The van der Waals surface area contributed by atoms with E-state index in [9.17, 15) is 14.7 Å². The summed E-state index contributed by atoms with van der Waals surface area (Å²) in [5.74, 6) is 0.0202. The molecule has 34 heavy (non-hydrogen) atoms. The van der Waals surface area contributed by atoms with Crippen molar-refractivity contribution in [3.63, 3.8) is 0 Å². The first-order valence-electron chi connectivity index (χ1n) is 11.4. The van der Waals surface area contributed by atoms with E-state index in [1.807, 2.05) is 25.1 Å². The number of ketones is 1. The molecule has 1 fully saturated rings. The van der Waals surface area contributed by atoms with E-state index in [1.54, 1.807) is 31.4 Å². The summed E-state index contributed by atoms with van der Waals surface area (Å²) in [4.78, 5) is 33.5. The summed E-state index contributed by atoms with van der Waals surface area (Å²) in [7, 11) is 5.35. The fraction of sp³-hybridized carbons (Fsp3) is 0.423. The van der Waals surface area contributed by atoms with Crippen LogP contribution in [0, 0.1) is 5.92 Å². The Morgan fingerprint density at radius 1 is 1.15 bits per heavy atom. The largest absolute Gasteiger partial charge is 0.507 e. The van der Waals surface area contributed by atoms with Gasteiger partial charge < -0.3 is 24.4 Å². The number of aliphatic hydroxyl groups excluding tert-OH is 1. The fourth-order valence-electron chi connectivity index (χ4n) is 3.81. The Bertz CT molecular complexity index is 1050. The molecule has 2 heterocycles. The number of aliphatic hydroxyl groups is 1. The van der Waals surface area contributed by atoms with Crippen LogP contribution >= 0.6 is 0 Å². The second-order valence-electron chi connectivity index (χ2n) is 8.97. The van der Waals surface area contributed by atoms with Crippen molar-refractivity contribution in [2.75, 3.05) is 40.9 Å². The van der Waals surface area contributed by atoms with Gasteiger partial charge in [-0.2, -0.15) is 0 Å². The number of pyridine rings is 1. The zero-order valence-electron chi connectivity index (χ0n) is 20.4. The molecule has 1 aliphatic heterocycles. The molecule has 2 aromatic rings. The molecule has 182 valence electrons. The van der Waals surface area contributed by atoms with Gasteiger partial charge in [-0.25, -0.2) is 0 Å². The Balaban J connectivity index is 2.07. The van der Waals surface area contributed by atoms with Gasteiger partial charge in [-0.05, 0) is 56.3 Å². The van der Waals surface area contributed by atoms with Crippen LogP contribution < -0.4 is 9.47 Å². The summed E-state index contributed by atoms with van der Waals surface area (Å²) in [5, 5.41) is 11.1. The maximum absolute atomic E-state index is 13.1. The number of aromatic nitrogens is 1. The van der Waals surface area contributed by atoms with Gasteiger partial charge >= 0.3 is 0 Å². The van der Waals surface area contributed by atoms with E-state index in [-0.39, 0.29) is 11.3 Å². The molecule has 3 rings (SSSR count). The van der Waals surface area contributed by atoms with E-state index in [0.717, 1.165) is 6.42 Å². The lowest BCUT2D eigenvalue weighted by atomic mass is 9.95. The van der Waals surface area contributed by atoms with Gasteiger partial charge in [0.1, 0.15) is 5.76 Å². The fourth-order valence-corrected chi connectivity index (χ4v) is 3.81. The van der Waals surface area contributed by atoms with Crippen LogP contribution in [0.1, 0.15) is 37.4 Å². The van der Waals surface area contributed by atoms with Crippen LogP contribution in [0.4, 0.5) is 0 Å². The van der Waals surface area contributed by atoms with Crippen LogP contribution in [0.25, 0.3) is 5.76 Å². The van der Waals surface area contributed by atoms with E-state index in [1.165, 1.54) is 17.3 Å². The number of hydrogen-bond acceptors (Lipinski definition) is 7. The number of carbonyl (C=O) groups is 2. The average molecular weight is 468 g/mol. The molecule has 1 aromatic heterocycles. The van der Waals surface area contributed by atoms with E-state index in [2.05, 4.69) is 18.8 Å². The summed E-state index contributed by atoms with van der Waals surface area (Å²) in [6.45, 7) is 5.69. The van der Waals surface area contributed by atoms with Crippen molar-refractivity contribution >= 4 is 17.4 Å². The molecule has 8 nitrogen and oxygen atoms in total. The van der Waals surface area contributed by atoms with Gasteiger partial charge in [0.2, 0.25) is 0 Å². The minimum absolute atomic E-state index is 0.0467. The standard InChI is InChI=1S/C26H33N3O5/c1-17(2)10-15-34-20-7-6-19(16-21(20)33-5)23-22(24(30)18-8-11-27-12-9-18)25(31)26(32)29(23)14-13-28(3)4/h6-9,11-12,16-17,23,30H,10,13-15H2,1-5H3/b24-22+. The number of ether oxygens (including phenoxy) is 2. The minimum atomic E-state index is -0.758. The first-order chi connectivity index (χ1) is 16.2. The number of likely N-dealkylation sites (tertiary alicyclic amines) is 1. The smallest absolute Gasteiger partial charge is 0.295 e. The lowest BCUT2D eigenvalue weighted by Crippen LogP contribution is -2.35. The molecule has 0 radical (unpaired) electrons. The Morgan fingerprint density at radius 3 is 2.47 bits per heavy atom. The summed E-state index contributed by atoms with van der Waals surface area (Å²) in [6.07, 6.45) is 3.96. The highest BCUT2D eigenvalue weighted by Gasteiger charge is 2.46. The number of methoxy groups -OCH3 is 1. The number of hydrogen-bond donors (Lipinski definition) is 1. The van der Waals surface area contributed by atoms with E-state index >= 15 is 0 Å². The number of Topliss-reactive ketones (excluding diaryl/α,β-unsaturated/α-hetero) is 1. The maximum atomic E-state index is 13.1. The van der Waals surface area contributed by atoms with Gasteiger partial charge in [-0.3, -0.25) is 14.6 Å². The van der Waals surface area contributed by atoms with Gasteiger partial charge in [0.25, 0.3) is 11.7 Å². The Morgan fingerprint density at radius 2 is 1.85 bits per heavy atom. The normalized spacial score (nSPS) is 17.6. The van der Waals surface area contributed by atoms with Crippen LogP contribution in [-0.4, -0.2) is 72.5 Å². The zero-order chi connectivity index (χ0) is 24.8. The molecule has 1 aromatic carbocycles. The van der Waals surface area contributed by atoms with Crippen LogP contribution in [-0.2, 0) is 9.59 Å². The van der Waals surface area contributed by atoms with Crippen molar-refractivity contribution in [2.45, 2.75) is 26.3 Å². The number of rotatable bonds is 10. The second-order valence-corrected chi connectivity index (χ2v) is 8.97. The molecule has 0 bridgehead atoms. The summed E-state index contributed by atoms with van der Waals surface area (Å²) >= 11 is 0. The zero-order valence-corrected chi connectivity index (χ0v) is 20.4. The van der Waals surface area contributed by atoms with Crippen LogP contribution in [0.3, 0.4) is 0 Å². The van der Waals surface area contributed by atoms with Gasteiger partial charge in [0.05, 0.1) is 25.3 Å². The lowest BCUT2D eigenvalue weighted by molar-refractivity contribution is -0.140. The molecular formula is C26H33N3O5. The van der Waals surface area contributed by atoms with E-state index in [0.29, 0.717) is 48.2 Å². The highest BCUT2D eigenvalue weighted by Crippen LogP contribution is 2.41. The van der Waals surface area contributed by atoms with Crippen molar-refractivity contribution in [1.82, 2.24) is 14.8 Å². The SMILES string of the molecule is COc1cc(C2/C(=C(\O)c3ccncc3)C(=O)C(=O)N2CCN(C)C)ccc1OCCC(C)C. The summed E-state index contributed by atoms with van der Waals surface area (Å²) < 4.78 is 11.5. The maximum Gasteiger partial charge on any atom is 0.295 e. The van der Waals surface area contributed by atoms with Crippen molar-refractivity contribution in [3.05, 3.63) is 59.4 Å². The predicted octanol–water partition coefficient (Wildman–Crippen LogP) is 3.50. The molecule has 0 saturated carbocycles. The number of carbonyl (C=O) groups excluding carboxylic acids is 2. The molecule has 0 spiro atoms. The molecule has 1 N–H and O–H groups in total. The van der Waals surface area contributed by atoms with Gasteiger partial charge in [0.15, 0.2) is 11.5 Å². The van der Waals surface area contributed by atoms with E-state index in [4.69, 9.17) is 9.47 Å². The number of benzene rings is 1. The third kappa shape index (κ3) is 5.56.